The molecule has 0 amide bonds. The summed E-state index contributed by atoms with van der Waals surface area (Å²) >= 11 is 0. The van der Waals surface area contributed by atoms with Crippen LogP contribution in [0, 0.1) is 5.92 Å². The topological polar surface area (TPSA) is 24.5 Å². The second-order valence-corrected chi connectivity index (χ2v) is 5.44. The van der Waals surface area contributed by atoms with Gasteiger partial charge in [0, 0.05) is 18.6 Å². The number of ether oxygens (including phenoxy) is 1. The molecule has 86 valence electrons. The Morgan fingerprint density at radius 3 is 3.07 bits per heavy atom. The van der Waals surface area contributed by atoms with E-state index in [1.165, 1.54) is 45.3 Å². The Labute approximate surface area is 92.2 Å². The van der Waals surface area contributed by atoms with E-state index in [-0.39, 0.29) is 0 Å². The Balaban J connectivity index is 1.56. The van der Waals surface area contributed by atoms with E-state index >= 15 is 0 Å². The summed E-state index contributed by atoms with van der Waals surface area (Å²) in [6.45, 7) is 6.86. The van der Waals surface area contributed by atoms with Crippen LogP contribution in [0.25, 0.3) is 0 Å². The van der Waals surface area contributed by atoms with Crippen molar-refractivity contribution in [2.24, 2.45) is 5.92 Å². The van der Waals surface area contributed by atoms with Gasteiger partial charge in [0.05, 0.1) is 13.2 Å². The van der Waals surface area contributed by atoms with Crippen LogP contribution in [-0.2, 0) is 4.74 Å². The van der Waals surface area contributed by atoms with Gasteiger partial charge in [-0.05, 0) is 44.7 Å². The highest BCUT2D eigenvalue weighted by Gasteiger charge is 2.50. The van der Waals surface area contributed by atoms with Crippen molar-refractivity contribution in [3.05, 3.63) is 0 Å². The monoisotopic (exact) mass is 210 g/mol. The molecule has 1 aliphatic carbocycles. The maximum absolute atomic E-state index is 5.61. The molecule has 0 aromatic heterocycles. The molecule has 0 bridgehead atoms. The van der Waals surface area contributed by atoms with Gasteiger partial charge in [-0.2, -0.15) is 0 Å². The first-order valence-electron chi connectivity index (χ1n) is 6.43. The van der Waals surface area contributed by atoms with Gasteiger partial charge in [-0.1, -0.05) is 0 Å². The van der Waals surface area contributed by atoms with Gasteiger partial charge >= 0.3 is 0 Å². The summed E-state index contributed by atoms with van der Waals surface area (Å²) < 4.78 is 5.61. The van der Waals surface area contributed by atoms with Crippen LogP contribution in [0.4, 0.5) is 0 Å². The van der Waals surface area contributed by atoms with Crippen molar-refractivity contribution < 1.29 is 4.74 Å². The second-order valence-electron chi connectivity index (χ2n) is 5.44. The smallest absolute Gasteiger partial charge is 0.0651 e. The molecule has 1 unspecified atom stereocenters. The van der Waals surface area contributed by atoms with Crippen LogP contribution in [0.2, 0.25) is 0 Å². The highest BCUT2D eigenvalue weighted by Crippen LogP contribution is 2.43. The summed E-state index contributed by atoms with van der Waals surface area (Å²) in [5.74, 6) is 0.884. The Morgan fingerprint density at radius 1 is 1.40 bits per heavy atom. The summed E-state index contributed by atoms with van der Waals surface area (Å²) in [7, 11) is 0. The predicted molar refractivity (Wildman–Crippen MR) is 60.0 cm³/mol. The van der Waals surface area contributed by atoms with E-state index in [9.17, 15) is 0 Å². The summed E-state index contributed by atoms with van der Waals surface area (Å²) in [5.41, 5.74) is 0.482. The number of rotatable bonds is 2. The van der Waals surface area contributed by atoms with E-state index in [2.05, 4.69) is 10.2 Å². The van der Waals surface area contributed by atoms with E-state index in [0.717, 1.165) is 25.7 Å². The molecule has 3 heteroatoms. The van der Waals surface area contributed by atoms with Crippen molar-refractivity contribution in [1.29, 1.82) is 0 Å². The quantitative estimate of drug-likeness (QED) is 0.731. The molecule has 0 radical (unpaired) electrons. The third-order valence-electron chi connectivity index (χ3n) is 4.25. The summed E-state index contributed by atoms with van der Waals surface area (Å²) in [6, 6.07) is 0. The standard InChI is InChI=1S/C12H22N2O/c1-2-11(8-13-5-1)9-14-6-7-15-10-12(14)3-4-12/h11,13H,1-10H2. The van der Waals surface area contributed by atoms with Crippen molar-refractivity contribution in [2.75, 3.05) is 39.4 Å². The maximum atomic E-state index is 5.61. The van der Waals surface area contributed by atoms with Crippen LogP contribution >= 0.6 is 0 Å². The molecule has 3 aliphatic rings. The number of nitrogens with zero attached hydrogens (tertiary/aromatic N) is 1. The van der Waals surface area contributed by atoms with Crippen LogP contribution in [0.5, 0.6) is 0 Å². The van der Waals surface area contributed by atoms with Crippen molar-refractivity contribution in [2.45, 2.75) is 31.2 Å². The highest BCUT2D eigenvalue weighted by atomic mass is 16.5. The van der Waals surface area contributed by atoms with Crippen LogP contribution < -0.4 is 5.32 Å². The molecule has 1 saturated carbocycles. The van der Waals surface area contributed by atoms with E-state index < -0.39 is 0 Å². The van der Waals surface area contributed by atoms with Crippen LogP contribution in [0.1, 0.15) is 25.7 Å². The molecule has 0 aromatic rings. The van der Waals surface area contributed by atoms with Gasteiger partial charge in [0.2, 0.25) is 0 Å². The van der Waals surface area contributed by atoms with E-state index in [1.807, 2.05) is 0 Å². The van der Waals surface area contributed by atoms with E-state index in [0.29, 0.717) is 5.54 Å². The zero-order chi connectivity index (χ0) is 10.1. The highest BCUT2D eigenvalue weighted by molar-refractivity contribution is 5.05. The zero-order valence-corrected chi connectivity index (χ0v) is 9.50. The van der Waals surface area contributed by atoms with Crippen LogP contribution in [0.3, 0.4) is 0 Å². The largest absolute Gasteiger partial charge is 0.378 e. The third-order valence-corrected chi connectivity index (χ3v) is 4.25. The fourth-order valence-corrected chi connectivity index (χ4v) is 3.05. The van der Waals surface area contributed by atoms with Gasteiger partial charge in [-0.25, -0.2) is 0 Å². The molecule has 3 rings (SSSR count). The molecular weight excluding hydrogens is 188 g/mol. The van der Waals surface area contributed by atoms with Gasteiger partial charge in [0.1, 0.15) is 0 Å². The molecule has 3 fully saturated rings. The van der Waals surface area contributed by atoms with Crippen molar-refractivity contribution in [1.82, 2.24) is 10.2 Å². The molecule has 0 aromatic carbocycles. The molecule has 2 saturated heterocycles. The van der Waals surface area contributed by atoms with Gasteiger partial charge in [0.25, 0.3) is 0 Å². The van der Waals surface area contributed by atoms with Gasteiger partial charge < -0.3 is 10.1 Å². The lowest BCUT2D eigenvalue weighted by molar-refractivity contribution is -0.0282. The number of piperidine rings is 1. The fourth-order valence-electron chi connectivity index (χ4n) is 3.05. The minimum absolute atomic E-state index is 0.482. The summed E-state index contributed by atoms with van der Waals surface area (Å²) in [6.07, 6.45) is 5.52. The van der Waals surface area contributed by atoms with Crippen molar-refractivity contribution in [3.63, 3.8) is 0 Å². The zero-order valence-electron chi connectivity index (χ0n) is 9.50. The molecule has 15 heavy (non-hydrogen) atoms. The van der Waals surface area contributed by atoms with Crippen LogP contribution in [0.15, 0.2) is 0 Å². The Bertz CT molecular complexity index is 222. The van der Waals surface area contributed by atoms with Crippen LogP contribution in [-0.4, -0.2) is 49.8 Å². The minimum Gasteiger partial charge on any atom is -0.378 e. The van der Waals surface area contributed by atoms with Crippen molar-refractivity contribution in [3.8, 4) is 0 Å². The average Bonchev–Trinajstić information content (AvgIpc) is 3.04. The average molecular weight is 210 g/mol. The summed E-state index contributed by atoms with van der Waals surface area (Å²) in [5, 5.41) is 3.51. The normalized spacial score (nSPS) is 35.6. The lowest BCUT2D eigenvalue weighted by Gasteiger charge is -2.39. The molecule has 2 aliphatic heterocycles. The minimum atomic E-state index is 0.482. The molecular formula is C12H22N2O. The summed E-state index contributed by atoms with van der Waals surface area (Å²) in [4.78, 5) is 2.72. The number of nitrogens with one attached hydrogen (secondary N) is 1. The molecule has 3 nitrogen and oxygen atoms in total. The third kappa shape index (κ3) is 2.05. The van der Waals surface area contributed by atoms with Gasteiger partial charge in [-0.3, -0.25) is 4.90 Å². The number of morpholine rings is 1. The Hall–Kier alpha value is -0.120. The van der Waals surface area contributed by atoms with Gasteiger partial charge in [0.15, 0.2) is 0 Å². The Kier molecular flexibility index (Phi) is 2.71. The molecule has 1 spiro atoms. The van der Waals surface area contributed by atoms with E-state index in [1.54, 1.807) is 0 Å². The van der Waals surface area contributed by atoms with Gasteiger partial charge in [-0.15, -0.1) is 0 Å². The van der Waals surface area contributed by atoms with Crippen molar-refractivity contribution >= 4 is 0 Å². The lowest BCUT2D eigenvalue weighted by atomic mass is 9.98. The predicted octanol–water partition coefficient (Wildman–Crippen LogP) is 0.851. The second kappa shape index (κ2) is 4.04. The molecule has 2 heterocycles. The van der Waals surface area contributed by atoms with E-state index in [4.69, 9.17) is 4.74 Å². The molecule has 1 N–H and O–H groups in total. The number of hydrogen-bond donors (Lipinski definition) is 1. The maximum Gasteiger partial charge on any atom is 0.0651 e. The lowest BCUT2D eigenvalue weighted by Crippen LogP contribution is -2.50. The molecule has 1 atom stereocenters. The Morgan fingerprint density at radius 2 is 2.33 bits per heavy atom. The first kappa shape index (κ1) is 10.1. The fraction of sp³-hybridized carbons (Fsp3) is 1.00. The SMILES string of the molecule is C1CNCC(CN2CCOCC23CC3)C1. The first-order valence-corrected chi connectivity index (χ1v) is 6.43. The number of hydrogen-bond acceptors (Lipinski definition) is 3. The first-order chi connectivity index (χ1) is 7.39.